The van der Waals surface area contributed by atoms with Gasteiger partial charge in [-0.05, 0) is 55.7 Å². The molecule has 6 nitrogen and oxygen atoms in total. The number of hydrogen-bond acceptors (Lipinski definition) is 3. The van der Waals surface area contributed by atoms with Crippen molar-refractivity contribution in [3.63, 3.8) is 0 Å². The van der Waals surface area contributed by atoms with Gasteiger partial charge >= 0.3 is 0 Å². The summed E-state index contributed by atoms with van der Waals surface area (Å²) < 4.78 is 1.86. The zero-order valence-electron chi connectivity index (χ0n) is 16.5. The van der Waals surface area contributed by atoms with Gasteiger partial charge in [0.25, 0.3) is 0 Å². The predicted octanol–water partition coefficient (Wildman–Crippen LogP) is 3.66. The minimum absolute atomic E-state index is 0. The maximum Gasteiger partial charge on any atom is 0.191 e. The molecule has 0 aliphatic carbocycles. The van der Waals surface area contributed by atoms with Crippen LogP contribution < -0.4 is 10.6 Å². The summed E-state index contributed by atoms with van der Waals surface area (Å²) in [6.45, 7) is 4.92. The van der Waals surface area contributed by atoms with Crippen molar-refractivity contribution in [3.8, 4) is 5.69 Å². The van der Waals surface area contributed by atoms with Gasteiger partial charge in [0.15, 0.2) is 5.96 Å². The molecule has 3 rings (SSSR count). The molecule has 0 saturated heterocycles. The van der Waals surface area contributed by atoms with Gasteiger partial charge in [0.05, 0.1) is 11.7 Å². The Morgan fingerprint density at radius 2 is 2.07 bits per heavy atom. The van der Waals surface area contributed by atoms with Crippen molar-refractivity contribution in [2.45, 2.75) is 26.3 Å². The first kappa shape index (κ1) is 21.9. The number of nitrogens with zero attached hydrogens (tertiary/aromatic N) is 4. The number of pyridine rings is 1. The highest BCUT2D eigenvalue weighted by atomic mass is 127. The van der Waals surface area contributed by atoms with Gasteiger partial charge in [0.1, 0.15) is 0 Å². The maximum absolute atomic E-state index is 4.33. The fourth-order valence-corrected chi connectivity index (χ4v) is 2.81. The lowest BCUT2D eigenvalue weighted by molar-refractivity contribution is 0.683. The number of aromatic nitrogens is 3. The summed E-state index contributed by atoms with van der Waals surface area (Å²) in [6.07, 6.45) is 6.55. The van der Waals surface area contributed by atoms with E-state index in [1.165, 1.54) is 11.1 Å². The molecule has 0 aliphatic heterocycles. The zero-order chi connectivity index (χ0) is 19.1. The largest absolute Gasteiger partial charge is 0.356 e. The van der Waals surface area contributed by atoms with Crippen LogP contribution in [-0.4, -0.2) is 34.3 Å². The molecule has 148 valence electrons. The van der Waals surface area contributed by atoms with E-state index in [-0.39, 0.29) is 30.0 Å². The Hall–Kier alpha value is -2.42. The fraction of sp³-hybridized carbons (Fsp3) is 0.286. The Morgan fingerprint density at radius 3 is 2.75 bits per heavy atom. The molecular weight excluding hydrogens is 463 g/mol. The highest BCUT2D eigenvalue weighted by molar-refractivity contribution is 14.0. The van der Waals surface area contributed by atoms with Crippen LogP contribution in [0.5, 0.6) is 0 Å². The van der Waals surface area contributed by atoms with E-state index in [1.54, 1.807) is 13.2 Å². The van der Waals surface area contributed by atoms with Crippen LogP contribution in [0.25, 0.3) is 5.69 Å². The van der Waals surface area contributed by atoms with Gasteiger partial charge in [-0.3, -0.25) is 9.98 Å². The molecule has 0 aliphatic rings. The Morgan fingerprint density at radius 1 is 1.21 bits per heavy atom. The molecule has 0 bridgehead atoms. The van der Waals surface area contributed by atoms with Crippen LogP contribution in [0.3, 0.4) is 0 Å². The normalized spacial score (nSPS) is 12.2. The van der Waals surface area contributed by atoms with Gasteiger partial charge in [0, 0.05) is 37.9 Å². The molecule has 0 amide bonds. The van der Waals surface area contributed by atoms with E-state index >= 15 is 0 Å². The first-order valence-electron chi connectivity index (χ1n) is 9.14. The van der Waals surface area contributed by atoms with E-state index in [0.29, 0.717) is 0 Å². The minimum atomic E-state index is 0. The third-order valence-corrected chi connectivity index (χ3v) is 4.39. The van der Waals surface area contributed by atoms with Gasteiger partial charge in [0.2, 0.25) is 0 Å². The second kappa shape index (κ2) is 10.8. The first-order chi connectivity index (χ1) is 13.2. The molecule has 2 heterocycles. The maximum atomic E-state index is 4.33. The van der Waals surface area contributed by atoms with Gasteiger partial charge in [-0.2, -0.15) is 5.10 Å². The predicted molar refractivity (Wildman–Crippen MR) is 125 cm³/mol. The van der Waals surface area contributed by atoms with Crippen LogP contribution in [0.15, 0.2) is 66.0 Å². The summed E-state index contributed by atoms with van der Waals surface area (Å²) in [5.74, 6) is 0.784. The summed E-state index contributed by atoms with van der Waals surface area (Å²) in [6, 6.07) is 14.5. The molecule has 3 aromatic rings. The lowest BCUT2D eigenvalue weighted by Crippen LogP contribution is -2.39. The van der Waals surface area contributed by atoms with Gasteiger partial charge in [-0.15, -0.1) is 24.0 Å². The molecule has 1 atom stereocenters. The SMILES string of the molecule is CN=C(NCCc1ccc(C)nc1)NC(C)c1cccc(-n2cccn2)c1.I. The van der Waals surface area contributed by atoms with Crippen LogP contribution in [0.1, 0.15) is 29.8 Å². The second-order valence-electron chi connectivity index (χ2n) is 6.47. The van der Waals surface area contributed by atoms with E-state index in [0.717, 1.165) is 30.3 Å². The Balaban J connectivity index is 0.00000280. The van der Waals surface area contributed by atoms with E-state index in [4.69, 9.17) is 0 Å². The van der Waals surface area contributed by atoms with Gasteiger partial charge < -0.3 is 10.6 Å². The monoisotopic (exact) mass is 490 g/mol. The number of aliphatic imine (C=N–C) groups is 1. The molecule has 2 aromatic heterocycles. The van der Waals surface area contributed by atoms with Crippen molar-refractivity contribution < 1.29 is 0 Å². The highest BCUT2D eigenvalue weighted by Gasteiger charge is 2.09. The molecule has 1 aromatic carbocycles. The van der Waals surface area contributed by atoms with E-state index in [9.17, 15) is 0 Å². The smallest absolute Gasteiger partial charge is 0.191 e. The van der Waals surface area contributed by atoms with E-state index in [2.05, 4.69) is 50.8 Å². The molecule has 0 spiro atoms. The molecule has 0 fully saturated rings. The average Bonchev–Trinajstić information content (AvgIpc) is 3.23. The molecule has 1 unspecified atom stereocenters. The summed E-state index contributed by atoms with van der Waals surface area (Å²) in [5.41, 5.74) is 4.47. The van der Waals surface area contributed by atoms with Crippen molar-refractivity contribution in [2.24, 2.45) is 4.99 Å². The van der Waals surface area contributed by atoms with Crippen molar-refractivity contribution in [2.75, 3.05) is 13.6 Å². The van der Waals surface area contributed by atoms with Crippen LogP contribution >= 0.6 is 24.0 Å². The first-order valence-corrected chi connectivity index (χ1v) is 9.14. The average molecular weight is 490 g/mol. The Labute approximate surface area is 183 Å². The van der Waals surface area contributed by atoms with E-state index in [1.807, 2.05) is 48.3 Å². The molecule has 0 saturated carbocycles. The number of hydrogen-bond donors (Lipinski definition) is 2. The molecule has 7 heteroatoms. The molecule has 28 heavy (non-hydrogen) atoms. The summed E-state index contributed by atoms with van der Waals surface area (Å²) >= 11 is 0. The molecular formula is C21H27IN6. The fourth-order valence-electron chi connectivity index (χ4n) is 2.81. The number of halogens is 1. The topological polar surface area (TPSA) is 67.1 Å². The summed E-state index contributed by atoms with van der Waals surface area (Å²) in [7, 11) is 1.79. The summed E-state index contributed by atoms with van der Waals surface area (Å²) in [4.78, 5) is 8.67. The van der Waals surface area contributed by atoms with Crippen molar-refractivity contribution in [1.82, 2.24) is 25.4 Å². The highest BCUT2D eigenvalue weighted by Crippen LogP contribution is 2.16. The van der Waals surface area contributed by atoms with Gasteiger partial charge in [-0.25, -0.2) is 4.68 Å². The van der Waals surface area contributed by atoms with E-state index < -0.39 is 0 Å². The molecule has 2 N–H and O–H groups in total. The lowest BCUT2D eigenvalue weighted by Gasteiger charge is -2.19. The molecule has 0 radical (unpaired) electrons. The number of aryl methyl sites for hydroxylation is 1. The van der Waals surface area contributed by atoms with Crippen LogP contribution in [0, 0.1) is 6.92 Å². The second-order valence-corrected chi connectivity index (χ2v) is 6.47. The Bertz CT molecular complexity index is 874. The standard InChI is InChI=1S/C21H26N6.HI/c1-16-8-9-18(15-24-16)10-12-23-21(22-3)26-17(2)19-6-4-7-20(14-19)27-13-5-11-25-27;/h4-9,11,13-15,17H,10,12H2,1-3H3,(H2,22,23,26);1H. The minimum Gasteiger partial charge on any atom is -0.356 e. The zero-order valence-corrected chi connectivity index (χ0v) is 18.8. The third-order valence-electron chi connectivity index (χ3n) is 4.39. The Kier molecular flexibility index (Phi) is 8.43. The van der Waals surface area contributed by atoms with Crippen molar-refractivity contribution in [1.29, 1.82) is 0 Å². The van der Waals surface area contributed by atoms with Crippen LogP contribution in [0.4, 0.5) is 0 Å². The quantitative estimate of drug-likeness (QED) is 0.315. The number of benzene rings is 1. The number of nitrogens with one attached hydrogen (secondary N) is 2. The van der Waals surface area contributed by atoms with Crippen molar-refractivity contribution >= 4 is 29.9 Å². The van der Waals surface area contributed by atoms with Crippen molar-refractivity contribution in [3.05, 3.63) is 77.9 Å². The van der Waals surface area contributed by atoms with Crippen LogP contribution in [-0.2, 0) is 6.42 Å². The number of rotatable bonds is 6. The summed E-state index contributed by atoms with van der Waals surface area (Å²) in [5, 5.41) is 11.1. The van der Waals surface area contributed by atoms with Crippen LogP contribution in [0.2, 0.25) is 0 Å². The third kappa shape index (κ3) is 6.05. The van der Waals surface area contributed by atoms with Gasteiger partial charge in [-0.1, -0.05) is 18.2 Å². The lowest BCUT2D eigenvalue weighted by atomic mass is 10.1. The number of guanidine groups is 1.